The zero-order valence-corrected chi connectivity index (χ0v) is 28.5. The lowest BCUT2D eigenvalue weighted by Crippen LogP contribution is -2.11. The lowest BCUT2D eigenvalue weighted by Gasteiger charge is -2.20. The number of para-hydroxylation sites is 3. The Bertz CT molecular complexity index is 2500. The van der Waals surface area contributed by atoms with Crippen molar-refractivity contribution >= 4 is 33.0 Å². The SMILES string of the molecule is CC(C)Cc1ccnc(-c2cc(-c3cccc4c3nc(-c3cc(C(C)(C)C)ccc3O)n4-c3ccccc3)c3oc4ccccc4c3c2)c1. The van der Waals surface area contributed by atoms with E-state index in [4.69, 9.17) is 14.4 Å². The van der Waals surface area contributed by atoms with Crippen molar-refractivity contribution in [2.45, 2.75) is 46.5 Å². The van der Waals surface area contributed by atoms with Gasteiger partial charge in [-0.25, -0.2) is 4.98 Å². The van der Waals surface area contributed by atoms with Crippen LogP contribution in [0.5, 0.6) is 5.75 Å². The predicted octanol–water partition coefficient (Wildman–Crippen LogP) is 11.5. The Morgan fingerprint density at radius 3 is 2.35 bits per heavy atom. The van der Waals surface area contributed by atoms with Crippen molar-refractivity contribution in [3.63, 3.8) is 0 Å². The van der Waals surface area contributed by atoms with E-state index < -0.39 is 0 Å². The van der Waals surface area contributed by atoms with Crippen molar-refractivity contribution in [2.24, 2.45) is 5.92 Å². The van der Waals surface area contributed by atoms with Gasteiger partial charge in [0.25, 0.3) is 0 Å². The normalized spacial score (nSPS) is 12.1. The maximum atomic E-state index is 11.3. The third-order valence-corrected chi connectivity index (χ3v) is 9.34. The van der Waals surface area contributed by atoms with Gasteiger partial charge in [0.1, 0.15) is 22.7 Å². The van der Waals surface area contributed by atoms with Crippen LogP contribution in [-0.2, 0) is 11.8 Å². The average Bonchev–Trinajstić information content (AvgIpc) is 3.67. The van der Waals surface area contributed by atoms with Crippen LogP contribution >= 0.6 is 0 Å². The second-order valence-corrected chi connectivity index (χ2v) is 14.4. The van der Waals surface area contributed by atoms with Crippen LogP contribution in [0.25, 0.3) is 72.4 Å². The van der Waals surface area contributed by atoms with E-state index in [1.54, 1.807) is 6.07 Å². The van der Waals surface area contributed by atoms with Crippen LogP contribution in [0.3, 0.4) is 0 Å². The van der Waals surface area contributed by atoms with E-state index in [2.05, 4.69) is 112 Å². The molecule has 1 N–H and O–H groups in total. The standard InChI is InChI=1S/C44H39N3O2/c1-27(2)22-28-20-21-45-37(23-28)29-24-34-32-14-9-10-17-40(32)49-42(34)35(25-29)33-15-11-16-38-41(33)46-43(47(38)31-12-7-6-8-13-31)36-26-30(44(3,4)5)18-19-39(36)48/h6-21,23-27,48H,22H2,1-5H3. The number of pyridine rings is 1. The fourth-order valence-corrected chi connectivity index (χ4v) is 6.92. The van der Waals surface area contributed by atoms with E-state index in [0.717, 1.165) is 73.0 Å². The van der Waals surface area contributed by atoms with E-state index in [9.17, 15) is 5.11 Å². The van der Waals surface area contributed by atoms with Gasteiger partial charge in [-0.3, -0.25) is 9.55 Å². The van der Waals surface area contributed by atoms with Crippen LogP contribution < -0.4 is 0 Å². The molecule has 0 aliphatic rings. The summed E-state index contributed by atoms with van der Waals surface area (Å²) in [5.74, 6) is 1.41. The minimum Gasteiger partial charge on any atom is -0.507 e. The molecule has 0 bridgehead atoms. The molecular formula is C44H39N3O2. The van der Waals surface area contributed by atoms with Crippen LogP contribution in [0.15, 0.2) is 126 Å². The Labute approximate surface area is 286 Å². The fourth-order valence-electron chi connectivity index (χ4n) is 6.92. The minimum absolute atomic E-state index is 0.106. The van der Waals surface area contributed by atoms with Crippen molar-refractivity contribution in [3.05, 3.63) is 133 Å². The first kappa shape index (κ1) is 30.6. The molecule has 0 aliphatic heterocycles. The van der Waals surface area contributed by atoms with Gasteiger partial charge in [-0.15, -0.1) is 0 Å². The monoisotopic (exact) mass is 641 g/mol. The van der Waals surface area contributed by atoms with Gasteiger partial charge < -0.3 is 9.52 Å². The third-order valence-electron chi connectivity index (χ3n) is 9.34. The molecule has 0 amide bonds. The van der Waals surface area contributed by atoms with E-state index in [0.29, 0.717) is 17.3 Å². The first-order valence-electron chi connectivity index (χ1n) is 17.0. The molecule has 3 aromatic heterocycles. The van der Waals surface area contributed by atoms with Crippen molar-refractivity contribution in [3.8, 4) is 45.2 Å². The molecular weight excluding hydrogens is 603 g/mol. The highest BCUT2D eigenvalue weighted by Gasteiger charge is 2.24. The Morgan fingerprint density at radius 1 is 0.755 bits per heavy atom. The van der Waals surface area contributed by atoms with Crippen LogP contribution in [0.1, 0.15) is 45.7 Å². The fraction of sp³-hybridized carbons (Fsp3) is 0.182. The molecule has 8 aromatic rings. The van der Waals surface area contributed by atoms with Crippen LogP contribution in [0.4, 0.5) is 0 Å². The second kappa shape index (κ2) is 11.8. The number of aromatic hydroxyl groups is 1. The molecule has 5 nitrogen and oxygen atoms in total. The summed E-state index contributed by atoms with van der Waals surface area (Å²) in [5.41, 5.74) is 11.2. The number of phenolic OH excluding ortho intramolecular Hbond substituents is 1. The Kier molecular flexibility index (Phi) is 7.37. The summed E-state index contributed by atoms with van der Waals surface area (Å²) in [6.45, 7) is 11.0. The first-order valence-corrected chi connectivity index (χ1v) is 17.0. The zero-order valence-electron chi connectivity index (χ0n) is 28.5. The third kappa shape index (κ3) is 5.45. The van der Waals surface area contributed by atoms with Crippen molar-refractivity contribution in [2.75, 3.05) is 0 Å². The molecule has 8 rings (SSSR count). The average molecular weight is 642 g/mol. The maximum absolute atomic E-state index is 11.3. The lowest BCUT2D eigenvalue weighted by atomic mass is 9.86. The van der Waals surface area contributed by atoms with E-state index in [1.807, 2.05) is 42.6 Å². The van der Waals surface area contributed by atoms with Crippen LogP contribution in [0.2, 0.25) is 0 Å². The molecule has 0 spiro atoms. The Hall–Kier alpha value is -5.68. The summed E-state index contributed by atoms with van der Waals surface area (Å²) in [4.78, 5) is 10.2. The highest BCUT2D eigenvalue weighted by molar-refractivity contribution is 6.13. The highest BCUT2D eigenvalue weighted by atomic mass is 16.3. The van der Waals surface area contributed by atoms with Gasteiger partial charge in [0.2, 0.25) is 0 Å². The minimum atomic E-state index is -0.106. The van der Waals surface area contributed by atoms with Gasteiger partial charge in [0.15, 0.2) is 0 Å². The van der Waals surface area contributed by atoms with Crippen molar-refractivity contribution in [1.82, 2.24) is 14.5 Å². The molecule has 0 radical (unpaired) electrons. The number of furan rings is 1. The summed E-state index contributed by atoms with van der Waals surface area (Å²) >= 11 is 0. The molecule has 3 heterocycles. The number of rotatable bonds is 6. The number of nitrogens with zero attached hydrogens (tertiary/aromatic N) is 3. The van der Waals surface area contributed by atoms with Gasteiger partial charge in [-0.05, 0) is 89.5 Å². The predicted molar refractivity (Wildman–Crippen MR) is 201 cm³/mol. The quantitative estimate of drug-likeness (QED) is 0.196. The number of aromatic nitrogens is 3. The zero-order chi connectivity index (χ0) is 33.9. The summed E-state index contributed by atoms with van der Waals surface area (Å²) in [6.07, 6.45) is 2.90. The van der Waals surface area contributed by atoms with Crippen LogP contribution in [0, 0.1) is 5.92 Å². The molecule has 0 aliphatic carbocycles. The summed E-state index contributed by atoms with van der Waals surface area (Å²) in [7, 11) is 0. The molecule has 49 heavy (non-hydrogen) atoms. The van der Waals surface area contributed by atoms with Crippen molar-refractivity contribution in [1.29, 1.82) is 0 Å². The number of fused-ring (bicyclic) bond motifs is 4. The summed E-state index contributed by atoms with van der Waals surface area (Å²) in [6, 6.07) is 39.3. The van der Waals surface area contributed by atoms with Gasteiger partial charge in [-0.1, -0.05) is 89.2 Å². The Balaban J connectivity index is 1.44. The van der Waals surface area contributed by atoms with E-state index in [-0.39, 0.29) is 11.2 Å². The first-order chi connectivity index (χ1) is 23.7. The molecule has 0 saturated heterocycles. The smallest absolute Gasteiger partial charge is 0.149 e. The molecule has 242 valence electrons. The second-order valence-electron chi connectivity index (χ2n) is 14.4. The molecule has 5 heteroatoms. The van der Waals surface area contributed by atoms with Gasteiger partial charge in [-0.2, -0.15) is 0 Å². The molecule has 0 atom stereocenters. The van der Waals surface area contributed by atoms with E-state index in [1.165, 1.54) is 5.56 Å². The molecule has 5 aromatic carbocycles. The maximum Gasteiger partial charge on any atom is 0.149 e. The topological polar surface area (TPSA) is 64.1 Å². The largest absolute Gasteiger partial charge is 0.507 e. The van der Waals surface area contributed by atoms with Crippen molar-refractivity contribution < 1.29 is 9.52 Å². The van der Waals surface area contributed by atoms with Gasteiger partial charge in [0.05, 0.1) is 22.3 Å². The number of benzene rings is 5. The number of phenols is 1. The van der Waals surface area contributed by atoms with Crippen LogP contribution in [-0.4, -0.2) is 19.6 Å². The number of hydrogen-bond acceptors (Lipinski definition) is 4. The lowest BCUT2D eigenvalue weighted by molar-refractivity contribution is 0.475. The molecule has 0 fully saturated rings. The Morgan fingerprint density at radius 2 is 1.55 bits per heavy atom. The summed E-state index contributed by atoms with van der Waals surface area (Å²) in [5, 5.41) is 13.4. The highest BCUT2D eigenvalue weighted by Crippen LogP contribution is 2.43. The molecule has 0 saturated carbocycles. The summed E-state index contributed by atoms with van der Waals surface area (Å²) < 4.78 is 8.79. The van der Waals surface area contributed by atoms with E-state index >= 15 is 0 Å². The van der Waals surface area contributed by atoms with Gasteiger partial charge >= 0.3 is 0 Å². The molecule has 0 unspecified atom stereocenters. The van der Waals surface area contributed by atoms with Gasteiger partial charge in [0, 0.05) is 39.3 Å². The number of hydrogen-bond donors (Lipinski definition) is 1. The number of imidazole rings is 1.